The van der Waals surface area contributed by atoms with Crippen molar-refractivity contribution in [2.45, 2.75) is 6.42 Å². The first-order valence-electron chi connectivity index (χ1n) is 12.0. The van der Waals surface area contributed by atoms with Crippen LogP contribution in [0.1, 0.15) is 5.56 Å². The molecule has 3 heterocycles. The molecule has 37 heavy (non-hydrogen) atoms. The van der Waals surface area contributed by atoms with Gasteiger partial charge < -0.3 is 14.1 Å². The summed E-state index contributed by atoms with van der Waals surface area (Å²) in [7, 11) is -1.03. The molecule has 0 atom stereocenters. The van der Waals surface area contributed by atoms with E-state index in [1.165, 1.54) is 26.2 Å². The summed E-state index contributed by atoms with van der Waals surface area (Å²) >= 11 is 0. The van der Waals surface area contributed by atoms with Crippen molar-refractivity contribution in [3.63, 3.8) is 0 Å². The van der Waals surface area contributed by atoms with Crippen molar-refractivity contribution < 1.29 is 17.0 Å². The van der Waals surface area contributed by atoms with E-state index >= 15 is 0 Å². The van der Waals surface area contributed by atoms with Crippen LogP contribution in [-0.4, -0.2) is 74.4 Å². The van der Waals surface area contributed by atoms with Gasteiger partial charge in [0.05, 0.1) is 5.52 Å². The molecule has 1 N–H and O–H groups in total. The lowest BCUT2D eigenvalue weighted by atomic mass is 10.1. The molecule has 1 aliphatic rings. The maximum absolute atomic E-state index is 13.6. The first-order chi connectivity index (χ1) is 17.7. The molecule has 2 aromatic heterocycles. The number of aromatic amines is 1. The molecule has 4 aromatic rings. The molecule has 9 nitrogen and oxygen atoms in total. The molecule has 11 heteroatoms. The third-order valence-electron chi connectivity index (χ3n) is 6.63. The smallest absolute Gasteiger partial charge is 0.371 e. The largest absolute Gasteiger partial charge is 0.384 e. The Kier molecular flexibility index (Phi) is 6.84. The van der Waals surface area contributed by atoms with Crippen molar-refractivity contribution in [2.24, 2.45) is 0 Å². The molecule has 0 bridgehead atoms. The van der Waals surface area contributed by atoms with Crippen molar-refractivity contribution in [1.29, 1.82) is 0 Å². The Morgan fingerprint density at radius 3 is 2.57 bits per heavy atom. The molecule has 5 rings (SSSR count). The second kappa shape index (κ2) is 10.1. The summed E-state index contributed by atoms with van der Waals surface area (Å²) in [6, 6.07) is 13.1. The summed E-state index contributed by atoms with van der Waals surface area (Å²) in [5.41, 5.74) is 1.18. The lowest BCUT2D eigenvalue weighted by molar-refractivity contribution is 0.261. The van der Waals surface area contributed by atoms with E-state index in [9.17, 15) is 17.6 Å². The highest BCUT2D eigenvalue weighted by molar-refractivity contribution is 7.84. The average molecular weight is 526 g/mol. The summed E-state index contributed by atoms with van der Waals surface area (Å²) in [5.74, 6) is 0.642. The maximum atomic E-state index is 13.6. The predicted octanol–water partition coefficient (Wildman–Crippen LogP) is 2.77. The fourth-order valence-electron chi connectivity index (χ4n) is 4.61. The Morgan fingerprint density at radius 1 is 1.03 bits per heavy atom. The number of pyridine rings is 2. The minimum atomic E-state index is -3.86. The highest BCUT2D eigenvalue weighted by atomic mass is 32.2. The van der Waals surface area contributed by atoms with Crippen LogP contribution >= 0.6 is 0 Å². The number of hydrogen-bond donors (Lipinski definition) is 1. The maximum Gasteiger partial charge on any atom is 0.384 e. The van der Waals surface area contributed by atoms with Crippen LogP contribution < -0.4 is 14.6 Å². The zero-order chi connectivity index (χ0) is 26.2. The van der Waals surface area contributed by atoms with Crippen molar-refractivity contribution in [1.82, 2.24) is 19.2 Å². The van der Waals surface area contributed by atoms with Gasteiger partial charge in [0.1, 0.15) is 17.4 Å². The first-order valence-corrected chi connectivity index (χ1v) is 13.4. The molecule has 0 radical (unpaired) electrons. The van der Waals surface area contributed by atoms with E-state index in [2.05, 4.69) is 19.8 Å². The van der Waals surface area contributed by atoms with Gasteiger partial charge in [-0.3, -0.25) is 9.69 Å². The van der Waals surface area contributed by atoms with Gasteiger partial charge in [-0.2, -0.15) is 12.7 Å². The van der Waals surface area contributed by atoms with Gasteiger partial charge in [-0.25, -0.2) is 9.37 Å². The van der Waals surface area contributed by atoms with Gasteiger partial charge in [0.15, 0.2) is 0 Å². The zero-order valence-electron chi connectivity index (χ0n) is 20.6. The molecule has 0 unspecified atom stereocenters. The summed E-state index contributed by atoms with van der Waals surface area (Å²) < 4.78 is 44.2. The van der Waals surface area contributed by atoms with Crippen LogP contribution in [0.15, 0.2) is 59.5 Å². The van der Waals surface area contributed by atoms with E-state index in [0.717, 1.165) is 64.6 Å². The van der Waals surface area contributed by atoms with Crippen LogP contribution in [-0.2, 0) is 16.7 Å². The van der Waals surface area contributed by atoms with E-state index in [1.54, 1.807) is 30.5 Å². The number of hydrogen-bond acceptors (Lipinski definition) is 7. The third kappa shape index (κ3) is 5.43. The number of halogens is 1. The number of piperazine rings is 1. The molecule has 1 fully saturated rings. The fraction of sp³-hybridized carbons (Fsp3) is 0.308. The first kappa shape index (κ1) is 25.1. The van der Waals surface area contributed by atoms with E-state index in [0.29, 0.717) is 11.9 Å². The van der Waals surface area contributed by atoms with Crippen molar-refractivity contribution >= 4 is 37.8 Å². The molecule has 1 aliphatic heterocycles. The minimum Gasteiger partial charge on any atom is -0.371 e. The molecule has 0 amide bonds. The quantitative estimate of drug-likeness (QED) is 0.396. The van der Waals surface area contributed by atoms with Gasteiger partial charge in [0, 0.05) is 69.9 Å². The van der Waals surface area contributed by atoms with E-state index in [-0.39, 0.29) is 17.1 Å². The van der Waals surface area contributed by atoms with Crippen LogP contribution in [0.3, 0.4) is 0 Å². The molecule has 2 aromatic carbocycles. The Morgan fingerprint density at radius 2 is 1.81 bits per heavy atom. The van der Waals surface area contributed by atoms with Gasteiger partial charge in [-0.05, 0) is 53.8 Å². The third-order valence-corrected chi connectivity index (χ3v) is 7.92. The topological polar surface area (TPSA) is 98.8 Å². The number of benzene rings is 2. The molecule has 0 spiro atoms. The Labute approximate surface area is 214 Å². The van der Waals surface area contributed by atoms with Crippen LogP contribution in [0.25, 0.3) is 21.7 Å². The van der Waals surface area contributed by atoms with E-state index in [1.807, 2.05) is 12.1 Å². The van der Waals surface area contributed by atoms with Crippen LogP contribution in [0.2, 0.25) is 0 Å². The van der Waals surface area contributed by atoms with Crippen molar-refractivity contribution in [3.05, 3.63) is 76.5 Å². The van der Waals surface area contributed by atoms with Gasteiger partial charge in [-0.15, -0.1) is 0 Å². The normalized spacial score (nSPS) is 15.1. The SMILES string of the molecule is CN(C)S(=O)(=O)Oc1ccc2ccnc(N3CCN(CCc4cc(=O)[nH]c5cc(F)ccc45)CC3)c2c1. The Hall–Kier alpha value is -3.54. The summed E-state index contributed by atoms with van der Waals surface area (Å²) in [6.07, 6.45) is 2.43. The minimum absolute atomic E-state index is 0.235. The van der Waals surface area contributed by atoms with E-state index < -0.39 is 10.3 Å². The number of rotatable bonds is 7. The number of fused-ring (bicyclic) bond motifs is 2. The monoisotopic (exact) mass is 525 g/mol. The lowest BCUT2D eigenvalue weighted by Gasteiger charge is -2.36. The fourth-order valence-corrected chi connectivity index (χ4v) is 5.10. The standard InChI is InChI=1S/C26H28FN5O4S/c1-30(2)37(34,35)36-21-5-3-18-7-9-28-26(23(18)17-21)32-13-11-31(12-14-32)10-8-19-15-25(33)29-24-16-20(27)4-6-22(19)24/h3-7,9,15-17H,8,10-14H2,1-2H3,(H,29,33). The summed E-state index contributed by atoms with van der Waals surface area (Å²) in [5, 5.41) is 2.62. The average Bonchev–Trinajstić information content (AvgIpc) is 2.86. The molecule has 1 saturated heterocycles. The van der Waals surface area contributed by atoms with Gasteiger partial charge in [-0.1, -0.05) is 6.07 Å². The Bertz CT molecular complexity index is 1610. The van der Waals surface area contributed by atoms with Gasteiger partial charge >= 0.3 is 10.3 Å². The number of nitrogens with one attached hydrogen (secondary N) is 1. The Balaban J connectivity index is 1.28. The van der Waals surface area contributed by atoms with Crippen LogP contribution in [0.4, 0.5) is 10.2 Å². The molecule has 194 valence electrons. The predicted molar refractivity (Wildman–Crippen MR) is 142 cm³/mol. The van der Waals surface area contributed by atoms with Crippen LogP contribution in [0, 0.1) is 5.82 Å². The molecular weight excluding hydrogens is 497 g/mol. The summed E-state index contributed by atoms with van der Waals surface area (Å²) in [4.78, 5) is 23.9. The highest BCUT2D eigenvalue weighted by Gasteiger charge is 2.21. The molecule has 0 aliphatic carbocycles. The van der Waals surface area contributed by atoms with Crippen LogP contribution in [0.5, 0.6) is 5.75 Å². The summed E-state index contributed by atoms with van der Waals surface area (Å²) in [6.45, 7) is 3.87. The molecular formula is C26H28FN5O4S. The van der Waals surface area contributed by atoms with Crippen molar-refractivity contribution in [2.75, 3.05) is 51.7 Å². The molecule has 0 saturated carbocycles. The van der Waals surface area contributed by atoms with Gasteiger partial charge in [0.2, 0.25) is 5.56 Å². The number of aromatic nitrogens is 2. The van der Waals surface area contributed by atoms with Crippen molar-refractivity contribution in [3.8, 4) is 5.75 Å². The second-order valence-corrected chi connectivity index (χ2v) is 11.0. The lowest BCUT2D eigenvalue weighted by Crippen LogP contribution is -2.47. The van der Waals surface area contributed by atoms with Gasteiger partial charge in [0.25, 0.3) is 0 Å². The van der Waals surface area contributed by atoms with E-state index in [4.69, 9.17) is 4.18 Å². The zero-order valence-corrected chi connectivity index (χ0v) is 21.5. The highest BCUT2D eigenvalue weighted by Crippen LogP contribution is 2.30. The second-order valence-electron chi connectivity index (χ2n) is 9.27. The number of anilines is 1. The number of H-pyrrole nitrogens is 1. The number of nitrogens with zero attached hydrogens (tertiary/aromatic N) is 4.